The first-order valence-corrected chi connectivity index (χ1v) is 12.6. The average molecular weight is 476 g/mol. The summed E-state index contributed by atoms with van der Waals surface area (Å²) in [5.41, 5.74) is 8.20. The van der Waals surface area contributed by atoms with Gasteiger partial charge in [0.2, 0.25) is 0 Å². The number of pyridine rings is 1. The summed E-state index contributed by atoms with van der Waals surface area (Å²) in [6, 6.07) is 9.82. The van der Waals surface area contributed by atoms with Gasteiger partial charge in [0.15, 0.2) is 0 Å². The number of nitrogens with one attached hydrogen (secondary N) is 1. The smallest absolute Gasteiger partial charge is 0.321 e. The minimum atomic E-state index is -0.0778. The van der Waals surface area contributed by atoms with Gasteiger partial charge in [-0.15, -0.1) is 0 Å². The fourth-order valence-electron chi connectivity index (χ4n) is 4.90. The van der Waals surface area contributed by atoms with Crippen molar-refractivity contribution in [2.24, 2.45) is 5.73 Å². The third-order valence-corrected chi connectivity index (χ3v) is 6.85. The Morgan fingerprint density at radius 2 is 1.89 bits per heavy atom. The molecule has 4 heterocycles. The number of likely N-dealkylation sites (tertiary alicyclic amines) is 1. The molecule has 2 aliphatic rings. The zero-order valence-electron chi connectivity index (χ0n) is 20.0. The van der Waals surface area contributed by atoms with E-state index in [0.29, 0.717) is 26.2 Å². The zero-order chi connectivity index (χ0) is 24.0. The Kier molecular flexibility index (Phi) is 7.23. The number of carbonyl (C=O) groups excluding carboxylic acids is 1. The van der Waals surface area contributed by atoms with Crippen LogP contribution < -0.4 is 20.7 Å². The van der Waals surface area contributed by atoms with Crippen molar-refractivity contribution in [2.45, 2.75) is 38.0 Å². The van der Waals surface area contributed by atoms with E-state index < -0.39 is 0 Å². The summed E-state index contributed by atoms with van der Waals surface area (Å²) in [6.45, 7) is 4.68. The summed E-state index contributed by atoms with van der Waals surface area (Å²) < 4.78 is 5.76. The van der Waals surface area contributed by atoms with Crippen molar-refractivity contribution < 1.29 is 9.53 Å². The maximum Gasteiger partial charge on any atom is 0.321 e. The summed E-state index contributed by atoms with van der Waals surface area (Å²) in [5, 5.41) is 4.05. The Balaban J connectivity index is 1.18. The van der Waals surface area contributed by atoms with E-state index in [4.69, 9.17) is 10.5 Å². The molecule has 5 rings (SSSR count). The van der Waals surface area contributed by atoms with Crippen LogP contribution in [0, 0.1) is 0 Å². The Labute approximate surface area is 205 Å². The molecule has 9 nitrogen and oxygen atoms in total. The second kappa shape index (κ2) is 10.9. The summed E-state index contributed by atoms with van der Waals surface area (Å²) in [6.07, 6.45) is 8.34. The number of ether oxygens (including phenoxy) is 1. The molecule has 0 unspecified atom stereocenters. The first kappa shape index (κ1) is 23.3. The minimum Gasteiger partial charge on any atom is -0.493 e. The van der Waals surface area contributed by atoms with Crippen LogP contribution in [0.3, 0.4) is 0 Å². The number of hydrogen-bond donors (Lipinski definition) is 2. The number of nitrogens with zero attached hydrogens (tertiary/aromatic N) is 5. The van der Waals surface area contributed by atoms with Gasteiger partial charge >= 0.3 is 6.03 Å². The van der Waals surface area contributed by atoms with E-state index in [0.717, 1.165) is 66.2 Å². The quantitative estimate of drug-likeness (QED) is 0.501. The summed E-state index contributed by atoms with van der Waals surface area (Å²) in [7, 11) is 0. The number of amides is 2. The monoisotopic (exact) mass is 475 g/mol. The maximum atomic E-state index is 12.8. The topological polar surface area (TPSA) is 110 Å². The molecule has 2 fully saturated rings. The van der Waals surface area contributed by atoms with Gasteiger partial charge in [0, 0.05) is 43.5 Å². The predicted octanol–water partition coefficient (Wildman–Crippen LogP) is 3.76. The highest BCUT2D eigenvalue weighted by Crippen LogP contribution is 2.32. The van der Waals surface area contributed by atoms with Gasteiger partial charge in [0.05, 0.1) is 29.7 Å². The SMILES string of the molecule is NCCCOc1ccc2c(C3CCN(C(=O)Nc4ccc(N5CCCC5)nc4)CC3)ncnc2c1. The van der Waals surface area contributed by atoms with Gasteiger partial charge in [-0.2, -0.15) is 0 Å². The molecule has 184 valence electrons. The van der Waals surface area contributed by atoms with Gasteiger partial charge in [0.1, 0.15) is 17.9 Å². The van der Waals surface area contributed by atoms with Gasteiger partial charge in [-0.1, -0.05) is 0 Å². The van der Waals surface area contributed by atoms with Crippen LogP contribution in [-0.2, 0) is 0 Å². The average Bonchev–Trinajstić information content (AvgIpc) is 3.44. The Hall–Kier alpha value is -3.46. The van der Waals surface area contributed by atoms with Crippen molar-refractivity contribution in [1.82, 2.24) is 19.9 Å². The molecule has 3 aromatic rings. The van der Waals surface area contributed by atoms with Crippen LogP contribution >= 0.6 is 0 Å². The molecule has 1 aromatic carbocycles. The molecule has 3 N–H and O–H groups in total. The van der Waals surface area contributed by atoms with Crippen LogP contribution in [0.5, 0.6) is 5.75 Å². The number of carbonyl (C=O) groups is 1. The fraction of sp³-hybridized carbons (Fsp3) is 0.462. The molecule has 0 aliphatic carbocycles. The van der Waals surface area contributed by atoms with E-state index in [-0.39, 0.29) is 11.9 Å². The normalized spacial score (nSPS) is 16.6. The molecule has 2 amide bonds. The summed E-state index contributed by atoms with van der Waals surface area (Å²) in [5.74, 6) is 2.06. The van der Waals surface area contributed by atoms with Gasteiger partial charge in [-0.25, -0.2) is 19.7 Å². The lowest BCUT2D eigenvalue weighted by molar-refractivity contribution is 0.194. The number of piperidine rings is 1. The van der Waals surface area contributed by atoms with E-state index >= 15 is 0 Å². The molecule has 0 spiro atoms. The molecule has 0 radical (unpaired) electrons. The van der Waals surface area contributed by atoms with E-state index in [1.807, 2.05) is 35.2 Å². The molecule has 0 atom stereocenters. The predicted molar refractivity (Wildman–Crippen MR) is 137 cm³/mol. The van der Waals surface area contributed by atoms with E-state index in [1.54, 1.807) is 12.5 Å². The number of fused-ring (bicyclic) bond motifs is 1. The lowest BCUT2D eigenvalue weighted by Gasteiger charge is -2.32. The highest BCUT2D eigenvalue weighted by atomic mass is 16.5. The number of hydrogen-bond acceptors (Lipinski definition) is 7. The molecular formula is C26H33N7O2. The van der Waals surface area contributed by atoms with Crippen LogP contribution in [0.25, 0.3) is 10.9 Å². The molecule has 2 aliphatic heterocycles. The first-order valence-electron chi connectivity index (χ1n) is 12.6. The van der Waals surface area contributed by atoms with Gasteiger partial charge < -0.3 is 25.6 Å². The van der Waals surface area contributed by atoms with Gasteiger partial charge in [-0.3, -0.25) is 0 Å². The molecular weight excluding hydrogens is 442 g/mol. The third kappa shape index (κ3) is 5.45. The van der Waals surface area contributed by atoms with Crippen LogP contribution in [0.2, 0.25) is 0 Å². The number of benzene rings is 1. The first-order chi connectivity index (χ1) is 17.2. The highest BCUT2D eigenvalue weighted by Gasteiger charge is 2.26. The largest absolute Gasteiger partial charge is 0.493 e. The number of urea groups is 1. The zero-order valence-corrected chi connectivity index (χ0v) is 20.0. The van der Waals surface area contributed by atoms with E-state index in [1.165, 1.54) is 12.8 Å². The molecule has 9 heteroatoms. The molecule has 35 heavy (non-hydrogen) atoms. The highest BCUT2D eigenvalue weighted by molar-refractivity contribution is 5.89. The number of rotatable bonds is 7. The van der Waals surface area contributed by atoms with Crippen molar-refractivity contribution in [3.05, 3.63) is 48.5 Å². The van der Waals surface area contributed by atoms with E-state index in [2.05, 4.69) is 25.2 Å². The lowest BCUT2D eigenvalue weighted by Crippen LogP contribution is -2.40. The number of nitrogens with two attached hydrogens (primary N) is 1. The number of anilines is 2. The number of aromatic nitrogens is 3. The second-order valence-electron chi connectivity index (χ2n) is 9.22. The van der Waals surface area contributed by atoms with Crippen LogP contribution in [-0.4, -0.2) is 65.2 Å². The summed E-state index contributed by atoms with van der Waals surface area (Å²) in [4.78, 5) is 30.6. The van der Waals surface area contributed by atoms with Crippen molar-refractivity contribution >= 4 is 28.4 Å². The standard InChI is InChI=1S/C26H33N7O2/c27-10-3-15-35-21-5-6-22-23(16-21)29-18-30-25(22)19-8-13-33(14-9-19)26(34)31-20-4-7-24(28-17-20)32-11-1-2-12-32/h4-7,16-19H,1-3,8-15,27H2,(H,31,34). The van der Waals surface area contributed by atoms with Crippen molar-refractivity contribution in [2.75, 3.05) is 49.5 Å². The molecule has 0 bridgehead atoms. The van der Waals surface area contributed by atoms with Gasteiger partial charge in [-0.05, 0) is 62.9 Å². The maximum absolute atomic E-state index is 12.8. The minimum absolute atomic E-state index is 0.0778. The lowest BCUT2D eigenvalue weighted by atomic mass is 9.91. The van der Waals surface area contributed by atoms with Crippen molar-refractivity contribution in [3.63, 3.8) is 0 Å². The third-order valence-electron chi connectivity index (χ3n) is 6.85. The van der Waals surface area contributed by atoms with Crippen LogP contribution in [0.1, 0.15) is 43.7 Å². The Morgan fingerprint density at radius 3 is 2.63 bits per heavy atom. The summed E-state index contributed by atoms with van der Waals surface area (Å²) >= 11 is 0. The van der Waals surface area contributed by atoms with Crippen molar-refractivity contribution in [1.29, 1.82) is 0 Å². The molecule has 0 saturated carbocycles. The van der Waals surface area contributed by atoms with Crippen LogP contribution in [0.4, 0.5) is 16.3 Å². The molecule has 2 aromatic heterocycles. The second-order valence-corrected chi connectivity index (χ2v) is 9.22. The van der Waals surface area contributed by atoms with E-state index in [9.17, 15) is 4.79 Å². The van der Waals surface area contributed by atoms with Crippen LogP contribution in [0.15, 0.2) is 42.9 Å². The van der Waals surface area contributed by atoms with Crippen molar-refractivity contribution in [3.8, 4) is 5.75 Å². The Bertz CT molecular complexity index is 1140. The van der Waals surface area contributed by atoms with Gasteiger partial charge in [0.25, 0.3) is 0 Å². The Morgan fingerprint density at radius 1 is 1.06 bits per heavy atom. The molecule has 2 saturated heterocycles. The fourth-order valence-corrected chi connectivity index (χ4v) is 4.90.